The van der Waals surface area contributed by atoms with Crippen molar-refractivity contribution in [2.45, 2.75) is 192 Å². The molecule has 0 atom stereocenters. The molecule has 2 N–H and O–H groups in total. The number of carbonyl (C=O) groups is 9. The third kappa shape index (κ3) is 48.3. The van der Waals surface area contributed by atoms with E-state index >= 15 is 0 Å². The topological polar surface area (TPSA) is 452 Å². The van der Waals surface area contributed by atoms with Gasteiger partial charge in [-0.2, -0.15) is 45.0 Å². The second-order valence-electron chi connectivity index (χ2n) is 24.1. The van der Waals surface area contributed by atoms with Gasteiger partial charge >= 0.3 is 142 Å². The van der Waals surface area contributed by atoms with Gasteiger partial charge in [0.1, 0.15) is 16.0 Å². The number of aromatic nitrogens is 12. The number of rotatable bonds is 31. The standard InChI is InChI=1S/C27H29F3N6O6.C21H21F3N6O2.C8H14O4S.C6H9ClO4.C4H7ClO2S.C4H7IO2S.C4H8O2.Cl2O2S.HI.2Na.H/c1-4-8-20(37)41-16-42-26(40)36-21-23(34(6-3)25(39)35(11-5-2)24(21)38)32-22(36)18-13-31-33(15-18)14-17-9-7-10-19(12-17)27(28,29)30;1-3-8-30-19(31)16-18(29(4-2)20(30)32)27-17(26-16)14-10-25-28(12-14)11-13-6-5-7-15(9-13)21(22,23)24;1-3-5-7(9)11-6-12-8(10)13-4-2;1-2-3-5(8)10-4-11-6(7)9;2*1-2-8-4(6)7-3-5;1-2-3-4(5)6;1-5(2,3)4;;;;/h7,9-10,12-13,15H,4-6,8,11,14,16H2,1-3H3;5-7,9-10,12H,3-4,8,11H2,1-2H3,(H,26,27);3-6H2,1-2H3;2-4H2,1H3;2*2-3H2,1H3;2-3H2,1H3,(H,5,6);;1H;;;/q;;;;;;;;;2*+1;-1/p-1. The smallest absolute Gasteiger partial charge is 1.00 e. The fourth-order valence-electron chi connectivity index (χ4n) is 9.64. The van der Waals surface area contributed by atoms with Crippen molar-refractivity contribution in [1.82, 2.24) is 57.3 Å². The van der Waals surface area contributed by atoms with Crippen LogP contribution in [0, 0.1) is 0 Å². The number of H-pyrrole nitrogens is 1. The number of aromatic amines is 1. The zero-order chi connectivity index (χ0) is 94.7. The number of halogens is 12. The molecular weight excluding hydrogens is 2120 g/mol. The molecule has 0 spiro atoms. The summed E-state index contributed by atoms with van der Waals surface area (Å²) in [5.41, 5.74) is -3.01. The van der Waals surface area contributed by atoms with Crippen LogP contribution in [0.15, 0.2) is 92.5 Å². The molecule has 0 aliphatic carbocycles. The van der Waals surface area contributed by atoms with Crippen molar-refractivity contribution in [1.29, 1.82) is 0 Å². The molecule has 8 rings (SSSR count). The molecule has 706 valence electrons. The summed E-state index contributed by atoms with van der Waals surface area (Å²) in [7, 11) is 4.81. The first kappa shape index (κ1) is 126. The van der Waals surface area contributed by atoms with Gasteiger partial charge in [0.2, 0.25) is 20.4 Å². The summed E-state index contributed by atoms with van der Waals surface area (Å²) >= 11 is 15.2. The van der Waals surface area contributed by atoms with Crippen molar-refractivity contribution in [2.75, 3.05) is 48.3 Å². The Labute approximate surface area is 839 Å². The minimum Gasteiger partial charge on any atom is -1.00 e. The molecule has 0 bridgehead atoms. The number of nitrogens with zero attached hydrogens (tertiary/aromatic N) is 11. The van der Waals surface area contributed by atoms with Crippen LogP contribution in [0.5, 0.6) is 0 Å². The van der Waals surface area contributed by atoms with Crippen LogP contribution in [0.1, 0.15) is 164 Å². The fourth-order valence-corrected chi connectivity index (χ4v) is 11.5. The second kappa shape index (κ2) is 67.7. The Kier molecular flexibility index (Phi) is 66.5. The predicted molar refractivity (Wildman–Crippen MR) is 468 cm³/mol. The number of alkyl halides is 8. The van der Waals surface area contributed by atoms with Gasteiger partial charge in [-0.05, 0) is 146 Å². The average Bonchev–Trinajstić information content (AvgIpc) is 1.59. The number of esters is 3. The third-order valence-electron chi connectivity index (χ3n) is 14.7. The van der Waals surface area contributed by atoms with E-state index in [2.05, 4.69) is 74.9 Å². The molecule has 36 nitrogen and oxygen atoms in total. The number of benzene rings is 2. The van der Waals surface area contributed by atoms with Gasteiger partial charge in [-0.15, -0.1) is 0 Å². The molecule has 0 radical (unpaired) electrons. The number of nitrogens with one attached hydrogen (secondary N) is 1. The second-order valence-corrected chi connectivity index (χ2v) is 32.5. The molecular formula is C74H96Cl4F6I2N12Na2O24S4. The Morgan fingerprint density at radius 1 is 0.539 bits per heavy atom. The number of thioether (sulfide) groups is 3. The quantitative estimate of drug-likeness (QED) is 0.00604. The van der Waals surface area contributed by atoms with E-state index in [4.69, 9.17) is 46.2 Å². The van der Waals surface area contributed by atoms with Crippen molar-refractivity contribution in [3.63, 3.8) is 0 Å². The Morgan fingerprint density at radius 3 is 1.32 bits per heavy atom. The van der Waals surface area contributed by atoms with Gasteiger partial charge in [-0.1, -0.05) is 98.2 Å². The molecule has 0 amide bonds. The maximum absolute atomic E-state index is 13.5. The van der Waals surface area contributed by atoms with E-state index in [9.17, 15) is 88.7 Å². The minimum atomic E-state index is -4.51. The maximum atomic E-state index is 13.5. The monoisotopic (exact) mass is 2220 g/mol. The Balaban J connectivity index is -0.000000784. The Morgan fingerprint density at radius 2 is 0.938 bits per heavy atom. The Bertz CT molecular complexity index is 5130. The van der Waals surface area contributed by atoms with E-state index in [1.165, 1.54) is 71.6 Å². The van der Waals surface area contributed by atoms with E-state index < -0.39 is 103 Å². The van der Waals surface area contributed by atoms with Crippen LogP contribution in [0.3, 0.4) is 0 Å². The van der Waals surface area contributed by atoms with Crippen molar-refractivity contribution in [2.24, 2.45) is 0 Å². The molecule has 54 heteroatoms. The molecule has 6 aromatic heterocycles. The van der Waals surface area contributed by atoms with Crippen LogP contribution in [0.2, 0.25) is 0 Å². The van der Waals surface area contributed by atoms with Crippen LogP contribution in [0.25, 0.3) is 45.1 Å². The molecule has 0 aliphatic rings. The third-order valence-corrected chi connectivity index (χ3v) is 17.2. The van der Waals surface area contributed by atoms with Crippen molar-refractivity contribution in [3.8, 4) is 22.8 Å². The summed E-state index contributed by atoms with van der Waals surface area (Å²) in [6, 6.07) is 9.76. The summed E-state index contributed by atoms with van der Waals surface area (Å²) < 4.78 is 142. The van der Waals surface area contributed by atoms with E-state index in [1.54, 1.807) is 40.0 Å². The van der Waals surface area contributed by atoms with Gasteiger partial charge in [0.05, 0.1) is 47.7 Å². The molecule has 0 unspecified atom stereocenters. The summed E-state index contributed by atoms with van der Waals surface area (Å²) in [4.78, 5) is 161. The maximum Gasteiger partial charge on any atom is 1.00 e. The van der Waals surface area contributed by atoms with E-state index in [0.717, 1.165) is 81.3 Å². The van der Waals surface area contributed by atoms with Gasteiger partial charge in [0, 0.05) is 114 Å². The number of carbonyl (C=O) groups excluding carboxylic acids is 8. The first-order valence-electron chi connectivity index (χ1n) is 37.7. The zero-order valence-electron chi connectivity index (χ0n) is 72.8. The zero-order valence-corrected chi connectivity index (χ0v) is 86.4. The number of aryl methyl sites for hydroxylation is 2. The van der Waals surface area contributed by atoms with Crippen molar-refractivity contribution < 1.29 is 205 Å². The summed E-state index contributed by atoms with van der Waals surface area (Å²) in [6.45, 7) is 19.7. The molecule has 2 aromatic carbocycles. The number of imidazole rings is 2. The van der Waals surface area contributed by atoms with E-state index in [-0.39, 0.29) is 180 Å². The Hall–Kier alpha value is -6.41. The number of fused-ring (bicyclic) bond motifs is 2. The average molecular weight is 2220 g/mol. The van der Waals surface area contributed by atoms with Gasteiger partial charge in [-0.25, -0.2) is 48.1 Å². The van der Waals surface area contributed by atoms with Crippen LogP contribution in [-0.2, 0) is 117 Å². The summed E-state index contributed by atoms with van der Waals surface area (Å²) in [5.74, 6) is 0.399. The number of carboxylic acids is 1. The largest absolute Gasteiger partial charge is 1.00 e. The van der Waals surface area contributed by atoms with Crippen molar-refractivity contribution >= 4 is 184 Å². The molecule has 0 saturated heterocycles. The molecule has 128 heavy (non-hydrogen) atoms. The summed E-state index contributed by atoms with van der Waals surface area (Å²) in [6.07, 6.45) is 0.734. The van der Waals surface area contributed by atoms with Gasteiger partial charge in [-0.3, -0.25) is 56.4 Å². The van der Waals surface area contributed by atoms with E-state index in [0.29, 0.717) is 90.9 Å². The molecule has 6 heterocycles. The predicted octanol–water partition coefficient (Wildman–Crippen LogP) is 8.14. The molecule has 0 aliphatic heterocycles. The van der Waals surface area contributed by atoms with Crippen LogP contribution in [0.4, 0.5) is 50.3 Å². The molecule has 0 fully saturated rings. The number of hydrogen-bond acceptors (Lipinski definition) is 30. The normalized spacial score (nSPS) is 10.5. The molecule has 8 aromatic rings. The van der Waals surface area contributed by atoms with Gasteiger partial charge < -0.3 is 73.4 Å². The number of carboxylic acid groups (broad SMARTS) is 1. The number of aliphatic carboxylic acids is 1. The molecule has 0 saturated carbocycles. The van der Waals surface area contributed by atoms with Crippen molar-refractivity contribution in [3.05, 3.63) is 137 Å². The first-order valence-corrected chi connectivity index (χ1v) is 46.2. The van der Waals surface area contributed by atoms with E-state index in [1.807, 2.05) is 71.1 Å². The van der Waals surface area contributed by atoms with Crippen LogP contribution < -0.4 is 106 Å². The van der Waals surface area contributed by atoms with Gasteiger partial charge in [0.25, 0.3) is 11.1 Å². The summed E-state index contributed by atoms with van der Waals surface area (Å²) in [5, 5.41) is 15.4. The minimum absolute atomic E-state index is 0. The number of hydrogen-bond donors (Lipinski definition) is 2. The van der Waals surface area contributed by atoms with Crippen LogP contribution in [-0.4, -0.2) is 170 Å². The number of ether oxygens (including phenoxy) is 8. The first-order chi connectivity index (χ1) is 59.0. The fraction of sp³-hybridized carbons (Fsp3) is 0.500. The van der Waals surface area contributed by atoms with Crippen LogP contribution >= 0.6 is 102 Å². The SMILES string of the molecule is CCCC(=O)O.CCCC(=O)OCOC(=O)Cl.CCCC(=O)OCOC(=O)SCC.CCCC(=O)OCOC(=O)n1c(-c2cnn(Cc3cccc(C(F)(F)F)c3)c2)nc2c1c(=O)n(CCC)c(=O)n2CC.CCCn1c(=O)c2[nH]c(-c3cnn(Cc4cccc(C(F)(F)F)c4)c3)nc2n(CC)c1=O.CCSC(=O)OCCl.CCSC(=O)OCI.O=S(=O)(Cl)Cl.[H-].[I-].[Na+].[Na+]. The van der Waals surface area contributed by atoms with Gasteiger partial charge in [0.15, 0.2) is 28.7 Å².